The van der Waals surface area contributed by atoms with Crippen molar-refractivity contribution in [1.82, 2.24) is 4.98 Å². The van der Waals surface area contributed by atoms with Crippen molar-refractivity contribution in [2.45, 2.75) is 17.4 Å². The number of carbonyl (C=O) groups excluding carboxylic acids is 2. The van der Waals surface area contributed by atoms with Gasteiger partial charge in [0.25, 0.3) is 0 Å². The van der Waals surface area contributed by atoms with Gasteiger partial charge in [0.15, 0.2) is 0 Å². The summed E-state index contributed by atoms with van der Waals surface area (Å²) in [6, 6.07) is 15.3. The van der Waals surface area contributed by atoms with Gasteiger partial charge in [0.1, 0.15) is 5.41 Å². The van der Waals surface area contributed by atoms with Crippen LogP contribution in [0.25, 0.3) is 10.9 Å². The third kappa shape index (κ3) is 2.13. The molecule has 3 heterocycles. The monoisotopic (exact) mass is 405 g/mol. The van der Waals surface area contributed by atoms with Gasteiger partial charge >= 0.3 is 5.97 Å². The van der Waals surface area contributed by atoms with E-state index < -0.39 is 11.4 Å². The van der Waals surface area contributed by atoms with E-state index in [4.69, 9.17) is 10.5 Å². The number of H-pyrrole nitrogens is 1. The summed E-state index contributed by atoms with van der Waals surface area (Å²) in [7, 11) is 1.73. The maximum atomic E-state index is 13.9. The number of hydrogen-bond donors (Lipinski definition) is 2. The number of aromatic nitrogens is 1. The number of hydrogen-bond acceptors (Lipinski definition) is 5. The molecule has 7 heteroatoms. The molecule has 0 saturated carbocycles. The number of nitrogens with one attached hydrogen (secondary N) is 1. The topological polar surface area (TPSA) is 88.4 Å². The maximum Gasteiger partial charge on any atom is 0.338 e. The fourth-order valence-electron chi connectivity index (χ4n) is 4.54. The zero-order valence-electron chi connectivity index (χ0n) is 16.0. The highest BCUT2D eigenvalue weighted by Crippen LogP contribution is 2.58. The van der Waals surface area contributed by atoms with Crippen molar-refractivity contribution >= 4 is 40.2 Å². The molecule has 2 aliphatic heterocycles. The van der Waals surface area contributed by atoms with Crippen molar-refractivity contribution in [1.29, 1.82) is 0 Å². The van der Waals surface area contributed by atoms with Crippen LogP contribution in [0.4, 0.5) is 5.69 Å². The van der Waals surface area contributed by atoms with Gasteiger partial charge in [0, 0.05) is 34.8 Å². The lowest BCUT2D eigenvalue weighted by molar-refractivity contribution is -0.140. The zero-order valence-corrected chi connectivity index (χ0v) is 16.8. The lowest BCUT2D eigenvalue weighted by Gasteiger charge is -2.34. The molecule has 1 aromatic heterocycles. The number of rotatable bonds is 2. The van der Waals surface area contributed by atoms with Gasteiger partial charge in [0.2, 0.25) is 5.91 Å². The molecule has 29 heavy (non-hydrogen) atoms. The summed E-state index contributed by atoms with van der Waals surface area (Å²) in [6.07, 6.45) is 0. The van der Waals surface area contributed by atoms with Crippen LogP contribution in [-0.2, 0) is 19.7 Å². The molecule has 1 amide bonds. The number of anilines is 1. The summed E-state index contributed by atoms with van der Waals surface area (Å²) in [6.45, 7) is 1.94. The largest absolute Gasteiger partial charge is 0.463 e. The minimum atomic E-state index is -1.35. The average molecular weight is 405 g/mol. The Morgan fingerprint density at radius 3 is 2.72 bits per heavy atom. The maximum absolute atomic E-state index is 13.9. The summed E-state index contributed by atoms with van der Waals surface area (Å²) in [5.41, 5.74) is 8.42. The molecule has 1 atom stereocenters. The Balaban J connectivity index is 1.96. The predicted octanol–water partition coefficient (Wildman–Crippen LogP) is 3.27. The fraction of sp³-hybridized carbons (Fsp3) is 0.182. The fourth-order valence-corrected chi connectivity index (χ4v) is 5.62. The van der Waals surface area contributed by atoms with Crippen LogP contribution < -0.4 is 10.6 Å². The van der Waals surface area contributed by atoms with E-state index in [0.29, 0.717) is 0 Å². The molecular formula is C22H19N3O3S. The highest BCUT2D eigenvalue weighted by Gasteiger charge is 2.60. The van der Waals surface area contributed by atoms with Gasteiger partial charge in [-0.1, -0.05) is 48.2 Å². The molecule has 2 aromatic carbocycles. The molecule has 5 rings (SSSR count). The van der Waals surface area contributed by atoms with Gasteiger partial charge in [-0.05, 0) is 19.1 Å². The van der Waals surface area contributed by atoms with Crippen LogP contribution in [0.1, 0.15) is 18.1 Å². The van der Waals surface area contributed by atoms with E-state index in [0.717, 1.165) is 32.7 Å². The molecule has 0 aliphatic carbocycles. The van der Waals surface area contributed by atoms with Gasteiger partial charge in [-0.25, -0.2) is 4.79 Å². The minimum absolute atomic E-state index is 0.197. The molecule has 3 aromatic rings. The van der Waals surface area contributed by atoms with Crippen LogP contribution in [0.15, 0.2) is 64.2 Å². The number of esters is 1. The van der Waals surface area contributed by atoms with Gasteiger partial charge in [-0.15, -0.1) is 0 Å². The van der Waals surface area contributed by atoms with E-state index in [2.05, 4.69) is 4.98 Å². The highest BCUT2D eigenvalue weighted by molar-refractivity contribution is 8.03. The highest BCUT2D eigenvalue weighted by atomic mass is 32.2. The molecular weight excluding hydrogens is 386 g/mol. The molecule has 0 bridgehead atoms. The molecule has 3 N–H and O–H groups in total. The molecule has 6 nitrogen and oxygen atoms in total. The number of nitrogens with zero attached hydrogens (tertiary/aromatic N) is 1. The van der Waals surface area contributed by atoms with E-state index in [1.807, 2.05) is 48.5 Å². The van der Waals surface area contributed by atoms with E-state index in [-0.39, 0.29) is 23.1 Å². The Bertz CT molecular complexity index is 1230. The van der Waals surface area contributed by atoms with Gasteiger partial charge in [-0.2, -0.15) is 0 Å². The Morgan fingerprint density at radius 1 is 1.21 bits per heavy atom. The first-order valence-electron chi connectivity index (χ1n) is 9.35. The standard InChI is InChI=1S/C22H19N3O3S/c1-3-28-20(26)17-18(23)29-19-16(12-8-4-6-10-14(12)24-19)22(17)13-9-5-7-11-15(13)25(2)21(22)27/h4-11,24H,3,23H2,1-2H3. The Morgan fingerprint density at radius 2 is 1.93 bits per heavy atom. The van der Waals surface area contributed by atoms with E-state index >= 15 is 0 Å². The Kier molecular flexibility index (Phi) is 3.79. The number of thioether (sulfide) groups is 1. The summed E-state index contributed by atoms with van der Waals surface area (Å²) >= 11 is 1.27. The molecule has 0 fully saturated rings. The predicted molar refractivity (Wildman–Crippen MR) is 113 cm³/mol. The SMILES string of the molecule is CCOC(=O)C1=C(N)Sc2[nH]c3ccccc3c2C12C(=O)N(C)c1ccccc12. The second-order valence-electron chi connectivity index (χ2n) is 7.07. The third-order valence-corrected chi connectivity index (χ3v) is 6.59. The van der Waals surface area contributed by atoms with Crippen LogP contribution in [-0.4, -0.2) is 30.5 Å². The second kappa shape index (κ2) is 6.15. The van der Waals surface area contributed by atoms with Crippen molar-refractivity contribution in [3.05, 3.63) is 70.3 Å². The van der Waals surface area contributed by atoms with E-state index in [9.17, 15) is 9.59 Å². The van der Waals surface area contributed by atoms with Crippen molar-refractivity contribution in [2.24, 2.45) is 5.73 Å². The van der Waals surface area contributed by atoms with Crippen LogP contribution in [0.5, 0.6) is 0 Å². The molecule has 0 radical (unpaired) electrons. The normalized spacial score (nSPS) is 20.3. The summed E-state index contributed by atoms with van der Waals surface area (Å²) in [5.74, 6) is -0.775. The number of nitrogens with two attached hydrogens (primary N) is 1. The van der Waals surface area contributed by atoms with Crippen molar-refractivity contribution in [3.63, 3.8) is 0 Å². The summed E-state index contributed by atoms with van der Waals surface area (Å²) in [4.78, 5) is 32.0. The smallest absolute Gasteiger partial charge is 0.338 e. The second-order valence-corrected chi connectivity index (χ2v) is 8.12. The van der Waals surface area contributed by atoms with Crippen molar-refractivity contribution in [2.75, 3.05) is 18.6 Å². The quantitative estimate of drug-likeness (QED) is 0.639. The minimum Gasteiger partial charge on any atom is -0.463 e. The third-order valence-electron chi connectivity index (χ3n) is 5.65. The number of likely N-dealkylation sites (N-methyl/N-ethyl adjacent to an activating group) is 1. The summed E-state index contributed by atoms with van der Waals surface area (Å²) in [5, 5.41) is 1.94. The average Bonchev–Trinajstić information content (AvgIpc) is 3.18. The van der Waals surface area contributed by atoms with Crippen LogP contribution in [0, 0.1) is 0 Å². The van der Waals surface area contributed by atoms with E-state index in [1.54, 1.807) is 18.9 Å². The number of fused-ring (bicyclic) bond motifs is 6. The number of ether oxygens (including phenoxy) is 1. The lowest BCUT2D eigenvalue weighted by atomic mass is 9.69. The van der Waals surface area contributed by atoms with Gasteiger partial charge in [0.05, 0.1) is 22.2 Å². The Labute approximate surface area is 171 Å². The van der Waals surface area contributed by atoms with Crippen LogP contribution in [0.2, 0.25) is 0 Å². The number of para-hydroxylation sites is 2. The van der Waals surface area contributed by atoms with Gasteiger partial charge < -0.3 is 20.4 Å². The molecule has 1 unspecified atom stereocenters. The van der Waals surface area contributed by atoms with Crippen LogP contribution >= 0.6 is 11.8 Å². The first kappa shape index (κ1) is 17.9. The number of aromatic amines is 1. The molecule has 146 valence electrons. The first-order chi connectivity index (χ1) is 14.0. The van der Waals surface area contributed by atoms with E-state index in [1.165, 1.54) is 11.8 Å². The zero-order chi connectivity index (χ0) is 20.3. The van der Waals surface area contributed by atoms with Crippen molar-refractivity contribution in [3.8, 4) is 0 Å². The van der Waals surface area contributed by atoms with Gasteiger partial charge in [-0.3, -0.25) is 4.79 Å². The molecule has 0 saturated heterocycles. The van der Waals surface area contributed by atoms with Crippen molar-refractivity contribution < 1.29 is 14.3 Å². The molecule has 1 spiro atoms. The number of amides is 1. The number of carbonyl (C=O) groups is 2. The molecule has 2 aliphatic rings. The van der Waals surface area contributed by atoms with Crippen LogP contribution in [0.3, 0.4) is 0 Å². The lowest BCUT2D eigenvalue weighted by Crippen LogP contribution is -2.46. The Hall–Kier alpha value is -3.19. The summed E-state index contributed by atoms with van der Waals surface area (Å²) < 4.78 is 5.37. The number of benzene rings is 2. The first-order valence-corrected chi connectivity index (χ1v) is 10.2.